The fourth-order valence-electron chi connectivity index (χ4n) is 1.14. The zero-order valence-electron chi connectivity index (χ0n) is 6.50. The van der Waals surface area contributed by atoms with Gasteiger partial charge in [0, 0.05) is 5.33 Å². The van der Waals surface area contributed by atoms with E-state index in [0.717, 1.165) is 16.8 Å². The van der Waals surface area contributed by atoms with Gasteiger partial charge < -0.3 is 9.47 Å². The molecule has 0 saturated carbocycles. The number of benzene rings is 1. The van der Waals surface area contributed by atoms with Crippen LogP contribution < -0.4 is 9.47 Å². The second-order valence-corrected chi connectivity index (χ2v) is 3.30. The van der Waals surface area contributed by atoms with Crippen LogP contribution in [0.15, 0.2) is 24.3 Å². The molecular weight excluding hydrogens is 232 g/mol. The maximum Gasteiger partial charge on any atom is 0.161 e. The van der Waals surface area contributed by atoms with E-state index in [4.69, 9.17) is 9.47 Å². The van der Waals surface area contributed by atoms with Crippen molar-refractivity contribution in [2.24, 2.45) is 0 Å². The topological polar surface area (TPSA) is 18.5 Å². The number of rotatable bonds is 1. The Balaban J connectivity index is 0.000000845. The molecule has 0 bridgehead atoms. The summed E-state index contributed by atoms with van der Waals surface area (Å²) in [5.74, 6) is 1.68. The van der Waals surface area contributed by atoms with Gasteiger partial charge in [-0.25, -0.2) is 0 Å². The Hall–Kier alpha value is -0.700. The predicted molar refractivity (Wildman–Crippen MR) is 56.9 cm³/mol. The summed E-state index contributed by atoms with van der Waals surface area (Å²) in [5, 5.41) is 0.807. The second-order valence-electron chi connectivity index (χ2n) is 2.65. The number of para-hydroxylation sites is 2. The van der Waals surface area contributed by atoms with Gasteiger partial charge in [0.1, 0.15) is 12.7 Å². The molecule has 0 aromatic heterocycles. The number of alkyl halides is 1. The molecule has 72 valence electrons. The molecule has 0 amide bonds. The first-order chi connectivity index (χ1) is 5.90. The number of hydrogen-bond acceptors (Lipinski definition) is 2. The number of halogens is 1. The van der Waals surface area contributed by atoms with Gasteiger partial charge in [-0.3, -0.25) is 0 Å². The highest BCUT2D eigenvalue weighted by atomic mass is 79.9. The van der Waals surface area contributed by atoms with Gasteiger partial charge in [0.15, 0.2) is 11.5 Å². The van der Waals surface area contributed by atoms with Gasteiger partial charge in [-0.05, 0) is 12.1 Å². The molecule has 0 fully saturated rings. The largest absolute Gasteiger partial charge is 0.486 e. The normalized spacial score (nSPS) is 19.0. The van der Waals surface area contributed by atoms with Crippen LogP contribution in [0.4, 0.5) is 0 Å². The lowest BCUT2D eigenvalue weighted by Crippen LogP contribution is -2.30. The standard InChI is InChI=1S/C9H9BrO2.CH4/c10-5-7-6-11-8-3-1-2-4-9(8)12-7;/h1-4,7H,5-6H2;1H4. The van der Waals surface area contributed by atoms with Crippen LogP contribution >= 0.6 is 15.9 Å². The van der Waals surface area contributed by atoms with E-state index in [1.54, 1.807) is 0 Å². The zero-order chi connectivity index (χ0) is 8.39. The van der Waals surface area contributed by atoms with E-state index in [1.807, 2.05) is 24.3 Å². The van der Waals surface area contributed by atoms with Crippen molar-refractivity contribution in [1.29, 1.82) is 0 Å². The molecule has 0 N–H and O–H groups in total. The molecule has 1 heterocycles. The van der Waals surface area contributed by atoms with Crippen molar-refractivity contribution in [3.05, 3.63) is 24.3 Å². The Labute approximate surface area is 87.0 Å². The first kappa shape index (κ1) is 10.4. The summed E-state index contributed by atoms with van der Waals surface area (Å²) in [6.07, 6.45) is 0.139. The van der Waals surface area contributed by atoms with Crippen molar-refractivity contribution >= 4 is 15.9 Å². The van der Waals surface area contributed by atoms with Crippen LogP contribution in [0.1, 0.15) is 7.43 Å². The molecule has 0 radical (unpaired) electrons. The van der Waals surface area contributed by atoms with Crippen molar-refractivity contribution in [2.45, 2.75) is 13.5 Å². The van der Waals surface area contributed by atoms with E-state index >= 15 is 0 Å². The number of fused-ring (bicyclic) bond motifs is 1. The predicted octanol–water partition coefficient (Wildman–Crippen LogP) is 2.86. The minimum absolute atomic E-state index is 0. The Kier molecular flexibility index (Phi) is 3.60. The SMILES string of the molecule is BrCC1COc2ccccc2O1.C. The second kappa shape index (κ2) is 4.51. The van der Waals surface area contributed by atoms with Gasteiger partial charge in [-0.1, -0.05) is 35.5 Å². The van der Waals surface area contributed by atoms with Crippen molar-refractivity contribution in [3.8, 4) is 11.5 Å². The fourth-order valence-corrected chi connectivity index (χ4v) is 1.46. The van der Waals surface area contributed by atoms with Gasteiger partial charge in [0.25, 0.3) is 0 Å². The Morgan fingerprint density at radius 2 is 2.00 bits per heavy atom. The molecule has 2 nitrogen and oxygen atoms in total. The first-order valence-electron chi connectivity index (χ1n) is 3.84. The number of hydrogen-bond donors (Lipinski definition) is 0. The summed E-state index contributed by atoms with van der Waals surface area (Å²) in [6.45, 7) is 0.627. The summed E-state index contributed by atoms with van der Waals surface area (Å²) >= 11 is 3.36. The van der Waals surface area contributed by atoms with Crippen LogP contribution in [0.3, 0.4) is 0 Å². The first-order valence-corrected chi connectivity index (χ1v) is 4.97. The maximum absolute atomic E-state index is 5.61. The minimum atomic E-state index is 0. The lowest BCUT2D eigenvalue weighted by molar-refractivity contribution is 0.108. The van der Waals surface area contributed by atoms with E-state index in [0.29, 0.717) is 6.61 Å². The highest BCUT2D eigenvalue weighted by molar-refractivity contribution is 9.09. The molecule has 3 heteroatoms. The molecule has 1 aromatic carbocycles. The molecular formula is C10H13BrO2. The molecule has 0 saturated heterocycles. The third-order valence-corrected chi connectivity index (χ3v) is 2.46. The van der Waals surface area contributed by atoms with Crippen LogP contribution in [0.2, 0.25) is 0 Å². The molecule has 13 heavy (non-hydrogen) atoms. The molecule has 0 spiro atoms. The van der Waals surface area contributed by atoms with Gasteiger partial charge in [-0.15, -0.1) is 0 Å². The van der Waals surface area contributed by atoms with Crippen LogP contribution in [0.5, 0.6) is 11.5 Å². The molecule has 1 aromatic rings. The minimum Gasteiger partial charge on any atom is -0.486 e. The number of ether oxygens (including phenoxy) is 2. The molecule has 0 aliphatic carbocycles. The summed E-state index contributed by atoms with van der Waals surface area (Å²) in [5.41, 5.74) is 0. The van der Waals surface area contributed by atoms with E-state index in [2.05, 4.69) is 15.9 Å². The maximum atomic E-state index is 5.61. The van der Waals surface area contributed by atoms with Crippen LogP contribution in [0, 0.1) is 0 Å². The van der Waals surface area contributed by atoms with Crippen LogP contribution in [0.25, 0.3) is 0 Å². The summed E-state index contributed by atoms with van der Waals surface area (Å²) in [7, 11) is 0. The van der Waals surface area contributed by atoms with Crippen molar-refractivity contribution in [2.75, 3.05) is 11.9 Å². The van der Waals surface area contributed by atoms with Crippen LogP contribution in [-0.4, -0.2) is 18.0 Å². The van der Waals surface area contributed by atoms with Gasteiger partial charge in [0.2, 0.25) is 0 Å². The Morgan fingerprint density at radius 3 is 2.69 bits per heavy atom. The molecule has 1 aliphatic heterocycles. The molecule has 1 atom stereocenters. The quantitative estimate of drug-likeness (QED) is 0.708. The lowest BCUT2D eigenvalue weighted by Gasteiger charge is -2.24. The van der Waals surface area contributed by atoms with E-state index < -0.39 is 0 Å². The summed E-state index contributed by atoms with van der Waals surface area (Å²) in [6, 6.07) is 7.72. The summed E-state index contributed by atoms with van der Waals surface area (Å²) in [4.78, 5) is 0. The fraction of sp³-hybridized carbons (Fsp3) is 0.400. The zero-order valence-corrected chi connectivity index (χ0v) is 8.08. The lowest BCUT2D eigenvalue weighted by atomic mass is 10.3. The molecule has 2 rings (SSSR count). The van der Waals surface area contributed by atoms with Crippen LogP contribution in [-0.2, 0) is 0 Å². The highest BCUT2D eigenvalue weighted by Crippen LogP contribution is 2.30. The van der Waals surface area contributed by atoms with Crippen molar-refractivity contribution in [1.82, 2.24) is 0 Å². The van der Waals surface area contributed by atoms with E-state index in [9.17, 15) is 0 Å². The van der Waals surface area contributed by atoms with Crippen molar-refractivity contribution < 1.29 is 9.47 Å². The van der Waals surface area contributed by atoms with Gasteiger partial charge in [-0.2, -0.15) is 0 Å². The Bertz CT molecular complexity index is 275. The monoisotopic (exact) mass is 244 g/mol. The highest BCUT2D eigenvalue weighted by Gasteiger charge is 2.18. The van der Waals surface area contributed by atoms with E-state index in [1.165, 1.54) is 0 Å². The van der Waals surface area contributed by atoms with E-state index in [-0.39, 0.29) is 13.5 Å². The Morgan fingerprint density at radius 1 is 1.31 bits per heavy atom. The third-order valence-electron chi connectivity index (χ3n) is 1.74. The summed E-state index contributed by atoms with van der Waals surface area (Å²) < 4.78 is 11.1. The van der Waals surface area contributed by atoms with Crippen molar-refractivity contribution in [3.63, 3.8) is 0 Å². The molecule has 1 unspecified atom stereocenters. The average molecular weight is 245 g/mol. The van der Waals surface area contributed by atoms with Gasteiger partial charge in [0.05, 0.1) is 0 Å². The average Bonchev–Trinajstić information content (AvgIpc) is 2.17. The van der Waals surface area contributed by atoms with Gasteiger partial charge >= 0.3 is 0 Å². The smallest absolute Gasteiger partial charge is 0.161 e. The third kappa shape index (κ3) is 2.15. The molecule has 1 aliphatic rings.